The number of aliphatic hydroxyl groups is 4. The lowest BCUT2D eigenvalue weighted by Gasteiger charge is -2.41. The Labute approximate surface area is 174 Å². The Morgan fingerprint density at radius 3 is 2.63 bits per heavy atom. The van der Waals surface area contributed by atoms with Crippen LogP contribution >= 0.6 is 0 Å². The van der Waals surface area contributed by atoms with E-state index in [0.717, 1.165) is 6.29 Å². The van der Waals surface area contributed by atoms with Gasteiger partial charge in [-0.1, -0.05) is 13.0 Å². The van der Waals surface area contributed by atoms with Crippen molar-refractivity contribution in [2.24, 2.45) is 11.8 Å². The minimum absolute atomic E-state index is 0.0678. The monoisotopic (exact) mass is 426 g/mol. The Morgan fingerprint density at radius 2 is 1.97 bits per heavy atom. The van der Waals surface area contributed by atoms with E-state index in [9.17, 15) is 30.0 Å². The van der Waals surface area contributed by atoms with Gasteiger partial charge in [-0.05, 0) is 43.4 Å². The van der Waals surface area contributed by atoms with Crippen LogP contribution in [-0.2, 0) is 23.8 Å². The average molecular weight is 426 g/mol. The molecule has 9 heteroatoms. The molecule has 9 atom stereocenters. The van der Waals surface area contributed by atoms with Crippen LogP contribution in [0.3, 0.4) is 0 Å². The zero-order valence-corrected chi connectivity index (χ0v) is 17.1. The predicted octanol–water partition coefficient (Wildman–Crippen LogP) is -0.395. The van der Waals surface area contributed by atoms with E-state index in [1.54, 1.807) is 13.0 Å². The Balaban J connectivity index is 1.85. The first kappa shape index (κ1) is 23.1. The molecular formula is C21H30O9. The van der Waals surface area contributed by atoms with Crippen molar-refractivity contribution < 1.29 is 44.2 Å². The molecule has 30 heavy (non-hydrogen) atoms. The highest BCUT2D eigenvalue weighted by atomic mass is 16.7. The Kier molecular flexibility index (Phi) is 7.43. The summed E-state index contributed by atoms with van der Waals surface area (Å²) in [6.45, 7) is 3.05. The van der Waals surface area contributed by atoms with Crippen LogP contribution < -0.4 is 0 Å². The van der Waals surface area contributed by atoms with E-state index in [0.29, 0.717) is 30.4 Å². The lowest BCUT2D eigenvalue weighted by Crippen LogP contribution is -2.59. The summed E-state index contributed by atoms with van der Waals surface area (Å²) in [5, 5.41) is 39.6. The molecule has 2 heterocycles. The second-order valence-corrected chi connectivity index (χ2v) is 8.26. The van der Waals surface area contributed by atoms with Crippen LogP contribution in [-0.4, -0.2) is 82.2 Å². The molecule has 0 amide bonds. The van der Waals surface area contributed by atoms with Crippen molar-refractivity contribution in [2.45, 2.75) is 76.0 Å². The molecule has 4 N–H and O–H groups in total. The molecule has 3 aliphatic rings. The second-order valence-electron chi connectivity index (χ2n) is 8.26. The number of carbonyl (C=O) groups is 2. The van der Waals surface area contributed by atoms with Gasteiger partial charge >= 0.3 is 5.97 Å². The number of fused-ring (bicyclic) bond motifs is 1. The van der Waals surface area contributed by atoms with Crippen molar-refractivity contribution in [1.82, 2.24) is 0 Å². The molecule has 0 bridgehead atoms. The summed E-state index contributed by atoms with van der Waals surface area (Å²) in [4.78, 5) is 23.6. The molecule has 0 radical (unpaired) electrons. The Hall–Kier alpha value is -1.62. The number of hydrogen-bond donors (Lipinski definition) is 4. The van der Waals surface area contributed by atoms with Gasteiger partial charge in [-0.15, -0.1) is 0 Å². The summed E-state index contributed by atoms with van der Waals surface area (Å²) in [6.07, 6.45) is -2.23. The van der Waals surface area contributed by atoms with Crippen molar-refractivity contribution in [1.29, 1.82) is 0 Å². The van der Waals surface area contributed by atoms with Gasteiger partial charge in [0.2, 0.25) is 0 Å². The van der Waals surface area contributed by atoms with Gasteiger partial charge in [0, 0.05) is 5.92 Å². The highest BCUT2D eigenvalue weighted by Gasteiger charge is 2.45. The SMILES string of the molecule is CC1=CC2OC(=O)C(C)C2CCC(C=O)=CCC1OC1OC(CO)C(O)C(O)C1O. The van der Waals surface area contributed by atoms with Crippen molar-refractivity contribution in [3.05, 3.63) is 23.3 Å². The number of allylic oxidation sites excluding steroid dienone is 1. The molecule has 168 valence electrons. The maximum absolute atomic E-state index is 12.1. The van der Waals surface area contributed by atoms with Crippen molar-refractivity contribution in [3.63, 3.8) is 0 Å². The van der Waals surface area contributed by atoms with E-state index in [2.05, 4.69) is 0 Å². The summed E-state index contributed by atoms with van der Waals surface area (Å²) >= 11 is 0. The van der Waals surface area contributed by atoms with Crippen LogP contribution in [0.2, 0.25) is 0 Å². The smallest absolute Gasteiger partial charge is 0.309 e. The largest absolute Gasteiger partial charge is 0.458 e. The van der Waals surface area contributed by atoms with Crippen LogP contribution in [0.4, 0.5) is 0 Å². The molecule has 1 aliphatic carbocycles. The number of hydrogen-bond acceptors (Lipinski definition) is 9. The number of aldehydes is 1. The third-order valence-electron chi connectivity index (χ3n) is 6.28. The fourth-order valence-electron chi connectivity index (χ4n) is 4.22. The lowest BCUT2D eigenvalue weighted by atomic mass is 9.84. The standard InChI is InChI=1S/C21H30O9/c1-10-7-15-13(11(2)20(27)28-15)5-3-12(8-22)4-6-14(10)29-21-19(26)18(25)17(24)16(9-23)30-21/h4,7-8,11,13-19,21,23-26H,3,5-6,9H2,1-2H3. The number of carbonyl (C=O) groups excluding carboxylic acids is 2. The van der Waals surface area contributed by atoms with Crippen LogP contribution in [0, 0.1) is 11.8 Å². The van der Waals surface area contributed by atoms with Gasteiger partial charge in [0.15, 0.2) is 6.29 Å². The summed E-state index contributed by atoms with van der Waals surface area (Å²) in [5.74, 6) is -0.630. The maximum atomic E-state index is 12.1. The summed E-state index contributed by atoms with van der Waals surface area (Å²) in [6, 6.07) is 0. The molecule has 2 fully saturated rings. The molecule has 0 aromatic rings. The first-order valence-corrected chi connectivity index (χ1v) is 10.3. The normalized spacial score (nSPS) is 42.6. The van der Waals surface area contributed by atoms with Crippen molar-refractivity contribution >= 4 is 12.3 Å². The van der Waals surface area contributed by atoms with Gasteiger partial charge in [0.05, 0.1) is 18.6 Å². The van der Waals surface area contributed by atoms with Gasteiger partial charge < -0.3 is 34.6 Å². The second kappa shape index (κ2) is 9.67. The maximum Gasteiger partial charge on any atom is 0.309 e. The molecular weight excluding hydrogens is 396 g/mol. The Bertz CT molecular complexity index is 701. The number of esters is 1. The van der Waals surface area contributed by atoms with E-state index in [1.807, 2.05) is 13.0 Å². The predicted molar refractivity (Wildman–Crippen MR) is 103 cm³/mol. The van der Waals surface area contributed by atoms with Crippen LogP contribution in [0.25, 0.3) is 0 Å². The van der Waals surface area contributed by atoms with E-state index in [1.165, 1.54) is 0 Å². The fourth-order valence-corrected chi connectivity index (χ4v) is 4.22. The van der Waals surface area contributed by atoms with Gasteiger partial charge in [-0.2, -0.15) is 0 Å². The molecule has 0 spiro atoms. The molecule has 0 aromatic carbocycles. The molecule has 2 saturated heterocycles. The molecule has 0 saturated carbocycles. The molecule has 2 aliphatic heterocycles. The van der Waals surface area contributed by atoms with Gasteiger partial charge in [0.1, 0.15) is 36.8 Å². The van der Waals surface area contributed by atoms with Crippen LogP contribution in [0.5, 0.6) is 0 Å². The quantitative estimate of drug-likeness (QED) is 0.268. The zero-order valence-electron chi connectivity index (χ0n) is 17.1. The average Bonchev–Trinajstić information content (AvgIpc) is 2.99. The summed E-state index contributed by atoms with van der Waals surface area (Å²) < 4.78 is 16.9. The van der Waals surface area contributed by atoms with Gasteiger partial charge in [-0.3, -0.25) is 9.59 Å². The molecule has 0 aromatic heterocycles. The Morgan fingerprint density at radius 1 is 1.23 bits per heavy atom. The number of ether oxygens (including phenoxy) is 3. The third kappa shape index (κ3) is 4.66. The van der Waals surface area contributed by atoms with E-state index in [-0.39, 0.29) is 17.8 Å². The number of aliphatic hydroxyl groups excluding tert-OH is 4. The van der Waals surface area contributed by atoms with Crippen molar-refractivity contribution in [2.75, 3.05) is 6.61 Å². The molecule has 3 rings (SSSR count). The topological polar surface area (TPSA) is 143 Å². The summed E-state index contributed by atoms with van der Waals surface area (Å²) in [7, 11) is 0. The zero-order chi connectivity index (χ0) is 22.0. The first-order chi connectivity index (χ1) is 14.3. The first-order valence-electron chi connectivity index (χ1n) is 10.3. The number of rotatable bonds is 4. The summed E-state index contributed by atoms with van der Waals surface area (Å²) in [5.41, 5.74) is 1.30. The van der Waals surface area contributed by atoms with Gasteiger partial charge in [0.25, 0.3) is 0 Å². The van der Waals surface area contributed by atoms with E-state index in [4.69, 9.17) is 14.2 Å². The minimum atomic E-state index is -1.55. The van der Waals surface area contributed by atoms with Crippen LogP contribution in [0.1, 0.15) is 33.1 Å². The third-order valence-corrected chi connectivity index (χ3v) is 6.28. The molecule has 9 nitrogen and oxygen atoms in total. The van der Waals surface area contributed by atoms with Crippen molar-refractivity contribution in [3.8, 4) is 0 Å². The van der Waals surface area contributed by atoms with Gasteiger partial charge in [-0.25, -0.2) is 0 Å². The minimum Gasteiger partial charge on any atom is -0.458 e. The highest BCUT2D eigenvalue weighted by molar-refractivity contribution is 5.75. The van der Waals surface area contributed by atoms with E-state index >= 15 is 0 Å². The fraction of sp³-hybridized carbons (Fsp3) is 0.714. The van der Waals surface area contributed by atoms with E-state index < -0.39 is 49.5 Å². The lowest BCUT2D eigenvalue weighted by molar-refractivity contribution is -0.308. The highest BCUT2D eigenvalue weighted by Crippen LogP contribution is 2.36. The van der Waals surface area contributed by atoms with Crippen LogP contribution in [0.15, 0.2) is 23.3 Å². The molecule has 9 unspecified atom stereocenters.